The highest BCUT2D eigenvalue weighted by Crippen LogP contribution is 2.23. The summed E-state index contributed by atoms with van der Waals surface area (Å²) in [5, 5.41) is 1.13. The molecule has 0 radical (unpaired) electrons. The van der Waals surface area contributed by atoms with Crippen molar-refractivity contribution in [3.63, 3.8) is 0 Å². The van der Waals surface area contributed by atoms with E-state index in [1.54, 1.807) is 12.5 Å². The molecule has 102 valence electrons. The molecule has 2 heterocycles. The number of furan rings is 1. The fraction of sp³-hybridized carbons (Fsp3) is 0.200. The first-order valence-electron chi connectivity index (χ1n) is 6.46. The quantitative estimate of drug-likeness (QED) is 0.786. The minimum absolute atomic E-state index is 0.344. The third kappa shape index (κ3) is 2.35. The van der Waals surface area contributed by atoms with Crippen molar-refractivity contribution in [2.75, 3.05) is 11.9 Å². The van der Waals surface area contributed by atoms with Crippen LogP contribution in [-0.2, 0) is 13.1 Å². The summed E-state index contributed by atoms with van der Waals surface area (Å²) in [5.74, 6) is 1.50. The Morgan fingerprint density at radius 3 is 2.95 bits per heavy atom. The van der Waals surface area contributed by atoms with Crippen LogP contribution < -0.4 is 10.6 Å². The number of nitrogens with two attached hydrogens (primary N) is 1. The molecule has 20 heavy (non-hydrogen) atoms. The molecule has 3 aromatic rings. The fourth-order valence-corrected chi connectivity index (χ4v) is 2.19. The van der Waals surface area contributed by atoms with Gasteiger partial charge in [0.05, 0.1) is 12.8 Å². The van der Waals surface area contributed by atoms with Crippen molar-refractivity contribution in [3.05, 3.63) is 54.2 Å². The van der Waals surface area contributed by atoms with Crippen LogP contribution >= 0.6 is 0 Å². The summed E-state index contributed by atoms with van der Waals surface area (Å²) in [6.45, 7) is 1.06. The SMILES string of the molecule is CN(Cc1coc2ccccc12)c1ccnc(CN)n1. The standard InChI is InChI=1S/C15H16N4O/c1-19(15-6-7-17-14(8-16)18-15)9-11-10-20-13-5-3-2-4-12(11)13/h2-7,10H,8-9,16H2,1H3. The predicted octanol–water partition coefficient (Wildman–Crippen LogP) is 2.32. The summed E-state index contributed by atoms with van der Waals surface area (Å²) in [6, 6.07) is 9.89. The van der Waals surface area contributed by atoms with Crippen molar-refractivity contribution in [1.29, 1.82) is 0 Å². The average Bonchev–Trinajstić information content (AvgIpc) is 2.90. The number of nitrogens with zero attached hydrogens (tertiary/aromatic N) is 3. The van der Waals surface area contributed by atoms with E-state index in [2.05, 4.69) is 20.9 Å². The normalized spacial score (nSPS) is 10.9. The highest BCUT2D eigenvalue weighted by molar-refractivity contribution is 5.81. The maximum atomic E-state index is 5.57. The summed E-state index contributed by atoms with van der Waals surface area (Å²) in [5.41, 5.74) is 7.61. The number of para-hydroxylation sites is 1. The van der Waals surface area contributed by atoms with Gasteiger partial charge in [0.2, 0.25) is 0 Å². The molecular weight excluding hydrogens is 252 g/mol. The van der Waals surface area contributed by atoms with Crippen LogP contribution in [0.3, 0.4) is 0 Å². The Labute approximate surface area is 117 Å². The van der Waals surface area contributed by atoms with Gasteiger partial charge >= 0.3 is 0 Å². The Hall–Kier alpha value is -2.40. The van der Waals surface area contributed by atoms with E-state index in [4.69, 9.17) is 10.2 Å². The van der Waals surface area contributed by atoms with Crippen LogP contribution in [0.25, 0.3) is 11.0 Å². The summed E-state index contributed by atoms with van der Waals surface area (Å²) in [7, 11) is 1.99. The molecule has 0 spiro atoms. The Kier molecular flexibility index (Phi) is 3.35. The maximum Gasteiger partial charge on any atom is 0.144 e. The van der Waals surface area contributed by atoms with Crippen molar-refractivity contribution < 1.29 is 4.42 Å². The van der Waals surface area contributed by atoms with Crippen LogP contribution in [0, 0.1) is 0 Å². The van der Waals surface area contributed by atoms with E-state index in [0.29, 0.717) is 12.4 Å². The molecule has 0 aliphatic carbocycles. The molecule has 2 N–H and O–H groups in total. The second kappa shape index (κ2) is 5.30. The molecular formula is C15H16N4O. The molecule has 0 amide bonds. The molecule has 0 aliphatic heterocycles. The van der Waals surface area contributed by atoms with Gasteiger partial charge in [-0.25, -0.2) is 9.97 Å². The van der Waals surface area contributed by atoms with Crippen molar-refractivity contribution >= 4 is 16.8 Å². The van der Waals surface area contributed by atoms with Crippen LogP contribution in [0.2, 0.25) is 0 Å². The van der Waals surface area contributed by atoms with Gasteiger partial charge in [-0.2, -0.15) is 0 Å². The Morgan fingerprint density at radius 1 is 1.25 bits per heavy atom. The second-order valence-electron chi connectivity index (χ2n) is 4.65. The van der Waals surface area contributed by atoms with Gasteiger partial charge in [0.15, 0.2) is 0 Å². The van der Waals surface area contributed by atoms with Crippen LogP contribution in [0.4, 0.5) is 5.82 Å². The highest BCUT2D eigenvalue weighted by atomic mass is 16.3. The Bertz CT molecular complexity index is 722. The van der Waals surface area contributed by atoms with Gasteiger partial charge in [-0.3, -0.25) is 0 Å². The van der Waals surface area contributed by atoms with E-state index in [9.17, 15) is 0 Å². The third-order valence-electron chi connectivity index (χ3n) is 3.23. The van der Waals surface area contributed by atoms with Gasteiger partial charge in [0.25, 0.3) is 0 Å². The molecule has 0 bridgehead atoms. The molecule has 5 nitrogen and oxygen atoms in total. The number of rotatable bonds is 4. The number of hydrogen-bond donors (Lipinski definition) is 1. The van der Waals surface area contributed by atoms with Crippen LogP contribution in [0.5, 0.6) is 0 Å². The first-order chi connectivity index (χ1) is 9.78. The van der Waals surface area contributed by atoms with Crippen LogP contribution in [-0.4, -0.2) is 17.0 Å². The number of hydrogen-bond acceptors (Lipinski definition) is 5. The summed E-state index contributed by atoms with van der Waals surface area (Å²) < 4.78 is 5.55. The monoisotopic (exact) mass is 268 g/mol. The lowest BCUT2D eigenvalue weighted by Gasteiger charge is -2.17. The van der Waals surface area contributed by atoms with E-state index in [-0.39, 0.29) is 0 Å². The van der Waals surface area contributed by atoms with Gasteiger partial charge in [-0.05, 0) is 12.1 Å². The fourth-order valence-electron chi connectivity index (χ4n) is 2.19. The zero-order valence-corrected chi connectivity index (χ0v) is 11.3. The zero-order chi connectivity index (χ0) is 13.9. The molecule has 0 aliphatic rings. The first-order valence-corrected chi connectivity index (χ1v) is 6.46. The summed E-state index contributed by atoms with van der Waals surface area (Å²) in [4.78, 5) is 10.6. The van der Waals surface area contributed by atoms with Gasteiger partial charge in [0, 0.05) is 30.7 Å². The molecule has 3 rings (SSSR count). The minimum Gasteiger partial charge on any atom is -0.464 e. The largest absolute Gasteiger partial charge is 0.464 e. The molecule has 5 heteroatoms. The topological polar surface area (TPSA) is 68.2 Å². The third-order valence-corrected chi connectivity index (χ3v) is 3.23. The maximum absolute atomic E-state index is 5.57. The number of anilines is 1. The van der Waals surface area contributed by atoms with Crippen molar-refractivity contribution in [3.8, 4) is 0 Å². The molecule has 0 saturated heterocycles. The van der Waals surface area contributed by atoms with E-state index in [1.807, 2.05) is 31.3 Å². The lowest BCUT2D eigenvalue weighted by atomic mass is 10.2. The number of fused-ring (bicyclic) bond motifs is 1. The Balaban J connectivity index is 1.86. The van der Waals surface area contributed by atoms with Crippen molar-refractivity contribution in [1.82, 2.24) is 9.97 Å². The highest BCUT2D eigenvalue weighted by Gasteiger charge is 2.09. The first kappa shape index (κ1) is 12.6. The smallest absolute Gasteiger partial charge is 0.144 e. The van der Waals surface area contributed by atoms with Crippen LogP contribution in [0.1, 0.15) is 11.4 Å². The van der Waals surface area contributed by atoms with Gasteiger partial charge < -0.3 is 15.1 Å². The summed E-state index contributed by atoms with van der Waals surface area (Å²) >= 11 is 0. The lowest BCUT2D eigenvalue weighted by Crippen LogP contribution is -2.18. The molecule has 0 saturated carbocycles. The second-order valence-corrected chi connectivity index (χ2v) is 4.65. The van der Waals surface area contributed by atoms with Crippen molar-refractivity contribution in [2.45, 2.75) is 13.1 Å². The minimum atomic E-state index is 0.344. The van der Waals surface area contributed by atoms with Gasteiger partial charge in [0.1, 0.15) is 17.2 Å². The summed E-state index contributed by atoms with van der Waals surface area (Å²) in [6.07, 6.45) is 3.53. The van der Waals surface area contributed by atoms with Crippen molar-refractivity contribution in [2.24, 2.45) is 5.73 Å². The van der Waals surface area contributed by atoms with E-state index >= 15 is 0 Å². The van der Waals surface area contributed by atoms with Crippen LogP contribution in [0.15, 0.2) is 47.2 Å². The van der Waals surface area contributed by atoms with E-state index < -0.39 is 0 Å². The van der Waals surface area contributed by atoms with E-state index in [1.165, 1.54) is 0 Å². The lowest BCUT2D eigenvalue weighted by molar-refractivity contribution is 0.609. The molecule has 0 unspecified atom stereocenters. The zero-order valence-electron chi connectivity index (χ0n) is 11.3. The molecule has 1 aromatic carbocycles. The Morgan fingerprint density at radius 2 is 2.10 bits per heavy atom. The molecule has 0 fully saturated rings. The van der Waals surface area contributed by atoms with Gasteiger partial charge in [-0.1, -0.05) is 18.2 Å². The molecule has 0 atom stereocenters. The van der Waals surface area contributed by atoms with E-state index in [0.717, 1.165) is 28.9 Å². The average molecular weight is 268 g/mol. The number of aromatic nitrogens is 2. The number of benzene rings is 1. The molecule has 2 aromatic heterocycles. The predicted molar refractivity (Wildman–Crippen MR) is 78.2 cm³/mol. The van der Waals surface area contributed by atoms with Gasteiger partial charge in [-0.15, -0.1) is 0 Å².